The van der Waals surface area contributed by atoms with Crippen LogP contribution in [-0.4, -0.2) is 57.1 Å². The Labute approximate surface area is 271 Å². The molecular formula is C35H54ClN4O3P. The standard InChI is InChI=1S/C24H31ClN3O2P.C7H17N.C4H6O/c1-8-19-14-23(30-5)22(13-16(19)2)28-18(4)26-15-20(25)17(3)27-21-11-9-10-12-24(21)31(6,7)29;1-4-6-8(3)7-5-2;1-3-4(2)5/h9-15,27H,3,8H2,1-2,4-7H3,(H,26,28);4-7H2,1-3H3;3H,1H2,2H3/b20-15+;;. The number of amidine groups is 1. The maximum absolute atomic E-state index is 12.5. The quantitative estimate of drug-likeness (QED) is 0.0745. The van der Waals surface area contributed by atoms with E-state index >= 15 is 0 Å². The molecule has 0 aliphatic rings. The van der Waals surface area contributed by atoms with E-state index in [9.17, 15) is 9.36 Å². The van der Waals surface area contributed by atoms with E-state index in [4.69, 9.17) is 16.3 Å². The zero-order valence-corrected chi connectivity index (χ0v) is 30.2. The van der Waals surface area contributed by atoms with Gasteiger partial charge < -0.3 is 24.8 Å². The molecule has 0 aliphatic carbocycles. The van der Waals surface area contributed by atoms with Crippen LogP contribution in [0.2, 0.25) is 0 Å². The summed E-state index contributed by atoms with van der Waals surface area (Å²) in [6.45, 7) is 25.1. The van der Waals surface area contributed by atoms with Gasteiger partial charge in [-0.1, -0.05) is 57.7 Å². The van der Waals surface area contributed by atoms with Crippen molar-refractivity contribution in [2.24, 2.45) is 4.99 Å². The molecule has 0 saturated heterocycles. The number of methoxy groups -OCH3 is 1. The van der Waals surface area contributed by atoms with Crippen LogP contribution in [0.1, 0.15) is 58.6 Å². The van der Waals surface area contributed by atoms with Gasteiger partial charge in [0.25, 0.3) is 0 Å². The predicted molar refractivity (Wildman–Crippen MR) is 195 cm³/mol. The fraction of sp³-hybridized carbons (Fsp3) is 0.429. The molecular weight excluding hydrogens is 591 g/mol. The van der Waals surface area contributed by atoms with E-state index in [2.05, 4.69) is 68.4 Å². The van der Waals surface area contributed by atoms with E-state index in [1.54, 1.807) is 20.4 Å². The molecule has 0 aromatic heterocycles. The van der Waals surface area contributed by atoms with Crippen molar-refractivity contribution in [3.63, 3.8) is 0 Å². The van der Waals surface area contributed by atoms with Gasteiger partial charge in [-0.3, -0.25) is 4.79 Å². The number of aryl methyl sites for hydroxylation is 2. The lowest BCUT2D eigenvalue weighted by Crippen LogP contribution is -2.19. The Bertz CT molecular complexity index is 1330. The first-order valence-corrected chi connectivity index (χ1v) is 17.9. The van der Waals surface area contributed by atoms with Crippen LogP contribution in [0.15, 0.2) is 77.6 Å². The maximum atomic E-state index is 12.5. The second kappa shape index (κ2) is 21.6. The Morgan fingerprint density at radius 2 is 1.64 bits per heavy atom. The number of nitrogens with one attached hydrogen (secondary N) is 2. The Morgan fingerprint density at radius 3 is 2.11 bits per heavy atom. The van der Waals surface area contributed by atoms with Gasteiger partial charge in [-0.25, -0.2) is 4.99 Å². The number of carbonyl (C=O) groups is 1. The van der Waals surface area contributed by atoms with Gasteiger partial charge >= 0.3 is 0 Å². The number of rotatable bonds is 13. The molecule has 2 rings (SSSR count). The summed E-state index contributed by atoms with van der Waals surface area (Å²) in [5, 5.41) is 7.51. The molecule has 2 N–H and O–H groups in total. The van der Waals surface area contributed by atoms with Crippen molar-refractivity contribution in [3.05, 3.63) is 83.7 Å². The third-order valence-electron chi connectivity index (χ3n) is 6.28. The van der Waals surface area contributed by atoms with Gasteiger partial charge in [-0.15, -0.1) is 0 Å². The number of hydrogen-bond acceptors (Lipinski definition) is 6. The van der Waals surface area contributed by atoms with Crippen LogP contribution < -0.4 is 20.7 Å². The van der Waals surface area contributed by atoms with Crippen LogP contribution in [0, 0.1) is 6.92 Å². The molecule has 0 amide bonds. The lowest BCUT2D eigenvalue weighted by molar-refractivity contribution is -0.112. The highest BCUT2D eigenvalue weighted by Crippen LogP contribution is 2.38. The molecule has 0 spiro atoms. The van der Waals surface area contributed by atoms with Crippen molar-refractivity contribution in [2.45, 2.75) is 60.8 Å². The molecule has 9 heteroatoms. The largest absolute Gasteiger partial charge is 0.495 e. The maximum Gasteiger partial charge on any atom is 0.152 e. The fourth-order valence-corrected chi connectivity index (χ4v) is 5.23. The minimum absolute atomic E-state index is 0.0185. The van der Waals surface area contributed by atoms with Crippen molar-refractivity contribution in [1.29, 1.82) is 0 Å². The SMILES string of the molecule is C=C(Nc1ccccc1P(C)(C)=O)/C(Cl)=C\N=C(C)Nc1cc(C)c(CC)cc1OC.C=CC(C)=O.CCCN(C)CCC. The summed E-state index contributed by atoms with van der Waals surface area (Å²) in [6.07, 6.45) is 6.30. The second-order valence-corrected chi connectivity index (χ2v) is 14.3. The molecule has 0 saturated carbocycles. The molecule has 0 heterocycles. The number of carbonyl (C=O) groups excluding carboxylic acids is 1. The van der Waals surface area contributed by atoms with Crippen LogP contribution in [0.4, 0.5) is 11.4 Å². The smallest absolute Gasteiger partial charge is 0.152 e. The molecule has 0 atom stereocenters. The van der Waals surface area contributed by atoms with Crippen molar-refractivity contribution >= 4 is 47.0 Å². The highest BCUT2D eigenvalue weighted by molar-refractivity contribution is 7.70. The van der Waals surface area contributed by atoms with Crippen molar-refractivity contribution < 1.29 is 14.1 Å². The van der Waals surface area contributed by atoms with Gasteiger partial charge in [0.05, 0.1) is 23.5 Å². The molecule has 244 valence electrons. The van der Waals surface area contributed by atoms with Crippen molar-refractivity contribution in [1.82, 2.24) is 4.90 Å². The molecule has 0 radical (unpaired) electrons. The zero-order valence-electron chi connectivity index (χ0n) is 28.5. The third kappa shape index (κ3) is 16.1. The first-order chi connectivity index (χ1) is 20.6. The van der Waals surface area contributed by atoms with E-state index in [-0.39, 0.29) is 5.78 Å². The topological polar surface area (TPSA) is 83.0 Å². The first-order valence-electron chi connectivity index (χ1n) is 14.9. The van der Waals surface area contributed by atoms with Crippen LogP contribution in [0.25, 0.3) is 0 Å². The van der Waals surface area contributed by atoms with Crippen LogP contribution in [0.5, 0.6) is 5.75 Å². The molecule has 7 nitrogen and oxygen atoms in total. The van der Waals surface area contributed by atoms with Gasteiger partial charge in [0.1, 0.15) is 18.7 Å². The Kier molecular flexibility index (Phi) is 20.0. The number of ether oxygens (including phenoxy) is 1. The van der Waals surface area contributed by atoms with Gasteiger partial charge in [-0.2, -0.15) is 0 Å². The minimum atomic E-state index is -2.45. The van der Waals surface area contributed by atoms with Crippen LogP contribution in [-0.2, 0) is 15.8 Å². The lowest BCUT2D eigenvalue weighted by Gasteiger charge is -2.16. The highest BCUT2D eigenvalue weighted by atomic mass is 35.5. The number of aliphatic imine (C=N–C) groups is 1. The fourth-order valence-electron chi connectivity index (χ4n) is 3.98. The first kappa shape index (κ1) is 40.9. The van der Waals surface area contributed by atoms with Crippen molar-refractivity contribution in [2.75, 3.05) is 51.2 Å². The van der Waals surface area contributed by atoms with Crippen LogP contribution >= 0.6 is 18.7 Å². The summed E-state index contributed by atoms with van der Waals surface area (Å²) in [5.41, 5.74) is 4.47. The zero-order chi connectivity index (χ0) is 33.9. The van der Waals surface area contributed by atoms with Gasteiger partial charge in [-0.05, 0) is 115 Å². The molecule has 0 fully saturated rings. The average molecular weight is 645 g/mol. The van der Waals surface area contributed by atoms with E-state index in [0.717, 1.165) is 28.8 Å². The summed E-state index contributed by atoms with van der Waals surface area (Å²) in [5.74, 6) is 1.43. The number of anilines is 2. The summed E-state index contributed by atoms with van der Waals surface area (Å²) in [7, 11) is 1.38. The lowest BCUT2D eigenvalue weighted by atomic mass is 10.0. The normalized spacial score (nSPS) is 11.5. The van der Waals surface area contributed by atoms with Crippen LogP contribution in [0.3, 0.4) is 0 Å². The molecule has 44 heavy (non-hydrogen) atoms. The summed E-state index contributed by atoms with van der Waals surface area (Å²) in [6, 6.07) is 11.5. The number of benzene rings is 2. The van der Waals surface area contributed by atoms with Gasteiger partial charge in [0.2, 0.25) is 0 Å². The van der Waals surface area contributed by atoms with E-state index in [0.29, 0.717) is 16.6 Å². The average Bonchev–Trinajstić information content (AvgIpc) is 2.96. The Hall–Kier alpha value is -3.12. The molecule has 0 bridgehead atoms. The van der Waals surface area contributed by atoms with Gasteiger partial charge in [0.15, 0.2) is 5.78 Å². The number of allylic oxidation sites excluding steroid dienone is 2. The Balaban J connectivity index is 0.00000119. The summed E-state index contributed by atoms with van der Waals surface area (Å²) >= 11 is 6.39. The molecule has 2 aromatic rings. The van der Waals surface area contributed by atoms with Gasteiger partial charge in [0, 0.05) is 17.2 Å². The summed E-state index contributed by atoms with van der Waals surface area (Å²) < 4.78 is 18.0. The predicted octanol–water partition coefficient (Wildman–Crippen LogP) is 8.85. The number of nitrogens with zero attached hydrogens (tertiary/aromatic N) is 2. The molecule has 0 unspecified atom stereocenters. The van der Waals surface area contributed by atoms with E-state index < -0.39 is 7.14 Å². The highest BCUT2D eigenvalue weighted by Gasteiger charge is 2.16. The number of para-hydroxylation sites is 1. The van der Waals surface area contributed by atoms with Crippen molar-refractivity contribution in [3.8, 4) is 5.75 Å². The number of ketones is 1. The van der Waals surface area contributed by atoms with E-state index in [1.807, 2.05) is 43.3 Å². The minimum Gasteiger partial charge on any atom is -0.495 e. The second-order valence-electron chi connectivity index (χ2n) is 10.7. The third-order valence-corrected chi connectivity index (χ3v) is 8.16. The summed E-state index contributed by atoms with van der Waals surface area (Å²) in [4.78, 5) is 16.5. The molecule has 0 aliphatic heterocycles. The number of halogens is 1. The monoisotopic (exact) mass is 644 g/mol. The number of hydrogen-bond donors (Lipinski definition) is 2. The molecule has 2 aromatic carbocycles. The Morgan fingerprint density at radius 1 is 1.07 bits per heavy atom. The van der Waals surface area contributed by atoms with E-state index in [1.165, 1.54) is 56.3 Å².